The van der Waals surface area contributed by atoms with Crippen LogP contribution in [0.5, 0.6) is 5.75 Å². The lowest BCUT2D eigenvalue weighted by Gasteiger charge is -2.09. The predicted molar refractivity (Wildman–Crippen MR) is 89.3 cm³/mol. The molecule has 0 heterocycles. The van der Waals surface area contributed by atoms with Crippen LogP contribution < -0.4 is 10.1 Å². The number of amides is 1. The summed E-state index contributed by atoms with van der Waals surface area (Å²) in [6, 6.07) is 12.3. The fraction of sp³-hybridized carbons (Fsp3) is 0.188. The molecule has 0 saturated carbocycles. The summed E-state index contributed by atoms with van der Waals surface area (Å²) in [7, 11) is 0. The van der Waals surface area contributed by atoms with Gasteiger partial charge >= 0.3 is 0 Å². The van der Waals surface area contributed by atoms with Gasteiger partial charge in [0, 0.05) is 15.1 Å². The molecule has 1 N–H and O–H groups in total. The van der Waals surface area contributed by atoms with Gasteiger partial charge in [-0.1, -0.05) is 24.6 Å². The standard InChI is InChI=1S/C16H15BrClNO2/c1-2-8-21-13-5-3-4-11(9-13)16(20)19-15-7-6-12(18)10-14(15)17/h3-7,9-10H,2,8H2,1H3,(H,19,20). The number of carbonyl (C=O) groups is 1. The molecule has 21 heavy (non-hydrogen) atoms. The summed E-state index contributed by atoms with van der Waals surface area (Å²) in [5, 5.41) is 3.44. The highest BCUT2D eigenvalue weighted by Crippen LogP contribution is 2.26. The predicted octanol–water partition coefficient (Wildman–Crippen LogP) is 5.14. The minimum Gasteiger partial charge on any atom is -0.494 e. The van der Waals surface area contributed by atoms with E-state index >= 15 is 0 Å². The maximum absolute atomic E-state index is 12.3. The second-order valence-electron chi connectivity index (χ2n) is 4.45. The third-order valence-corrected chi connectivity index (χ3v) is 3.64. The number of hydrogen-bond acceptors (Lipinski definition) is 2. The minimum absolute atomic E-state index is 0.194. The highest BCUT2D eigenvalue weighted by atomic mass is 79.9. The zero-order chi connectivity index (χ0) is 15.2. The zero-order valence-corrected chi connectivity index (χ0v) is 13.9. The van der Waals surface area contributed by atoms with Crippen LogP contribution in [0.3, 0.4) is 0 Å². The van der Waals surface area contributed by atoms with Gasteiger partial charge < -0.3 is 10.1 Å². The van der Waals surface area contributed by atoms with Crippen LogP contribution in [-0.2, 0) is 0 Å². The Morgan fingerprint density at radius 3 is 2.81 bits per heavy atom. The molecule has 0 spiro atoms. The van der Waals surface area contributed by atoms with Crippen LogP contribution in [0.1, 0.15) is 23.7 Å². The molecule has 0 aliphatic carbocycles. The highest BCUT2D eigenvalue weighted by Gasteiger charge is 2.09. The van der Waals surface area contributed by atoms with Gasteiger partial charge in [0.15, 0.2) is 0 Å². The van der Waals surface area contributed by atoms with E-state index in [1.807, 2.05) is 13.0 Å². The maximum Gasteiger partial charge on any atom is 0.255 e. The Kier molecular flexibility index (Phi) is 5.65. The molecule has 0 saturated heterocycles. The van der Waals surface area contributed by atoms with E-state index in [0.29, 0.717) is 28.6 Å². The van der Waals surface area contributed by atoms with E-state index < -0.39 is 0 Å². The van der Waals surface area contributed by atoms with Crippen LogP contribution in [-0.4, -0.2) is 12.5 Å². The summed E-state index contributed by atoms with van der Waals surface area (Å²) >= 11 is 9.25. The SMILES string of the molecule is CCCOc1cccc(C(=O)Nc2ccc(Cl)cc2Br)c1. The molecule has 0 aliphatic heterocycles. The van der Waals surface area contributed by atoms with Crippen LogP contribution in [0, 0.1) is 0 Å². The van der Waals surface area contributed by atoms with Crippen molar-refractivity contribution in [3.63, 3.8) is 0 Å². The normalized spacial score (nSPS) is 10.2. The van der Waals surface area contributed by atoms with Gasteiger partial charge in [0.2, 0.25) is 0 Å². The minimum atomic E-state index is -0.194. The number of halogens is 2. The van der Waals surface area contributed by atoms with Gasteiger partial charge in [0.1, 0.15) is 5.75 Å². The molecule has 1 amide bonds. The van der Waals surface area contributed by atoms with Gasteiger partial charge in [0.25, 0.3) is 5.91 Å². The van der Waals surface area contributed by atoms with Gasteiger partial charge in [-0.2, -0.15) is 0 Å². The first kappa shape index (κ1) is 15.9. The van der Waals surface area contributed by atoms with Crippen LogP contribution in [0.25, 0.3) is 0 Å². The van der Waals surface area contributed by atoms with Crippen molar-refractivity contribution < 1.29 is 9.53 Å². The van der Waals surface area contributed by atoms with Gasteiger partial charge in [-0.25, -0.2) is 0 Å². The molecule has 110 valence electrons. The number of nitrogens with one attached hydrogen (secondary N) is 1. The van der Waals surface area contributed by atoms with E-state index in [4.69, 9.17) is 16.3 Å². The highest BCUT2D eigenvalue weighted by molar-refractivity contribution is 9.10. The second-order valence-corrected chi connectivity index (χ2v) is 5.75. The monoisotopic (exact) mass is 367 g/mol. The lowest BCUT2D eigenvalue weighted by Crippen LogP contribution is -2.12. The molecule has 0 unspecified atom stereocenters. The van der Waals surface area contributed by atoms with Gasteiger partial charge in [0.05, 0.1) is 12.3 Å². The zero-order valence-electron chi connectivity index (χ0n) is 11.5. The second kappa shape index (κ2) is 7.48. The Balaban J connectivity index is 2.12. The van der Waals surface area contributed by atoms with Crippen LogP contribution >= 0.6 is 27.5 Å². The van der Waals surface area contributed by atoms with Gasteiger partial charge in [-0.05, 0) is 58.7 Å². The number of anilines is 1. The Labute approximate surface area is 137 Å². The average Bonchev–Trinajstić information content (AvgIpc) is 2.48. The Bertz CT molecular complexity index is 646. The molecule has 0 aliphatic rings. The number of benzene rings is 2. The topological polar surface area (TPSA) is 38.3 Å². The average molecular weight is 369 g/mol. The fourth-order valence-electron chi connectivity index (χ4n) is 1.73. The van der Waals surface area contributed by atoms with Gasteiger partial charge in [-0.3, -0.25) is 4.79 Å². The summed E-state index contributed by atoms with van der Waals surface area (Å²) < 4.78 is 6.27. The largest absolute Gasteiger partial charge is 0.494 e. The summed E-state index contributed by atoms with van der Waals surface area (Å²) in [5.41, 5.74) is 1.22. The van der Waals surface area contributed by atoms with Crippen molar-refractivity contribution >= 4 is 39.1 Å². The Hall–Kier alpha value is -1.52. The van der Waals surface area contributed by atoms with Crippen LogP contribution in [0.2, 0.25) is 5.02 Å². The number of hydrogen-bond donors (Lipinski definition) is 1. The molecule has 0 aromatic heterocycles. The first-order valence-corrected chi connectivity index (χ1v) is 7.76. The number of carbonyl (C=O) groups excluding carboxylic acids is 1. The summed E-state index contributed by atoms with van der Waals surface area (Å²) in [5.74, 6) is 0.500. The third-order valence-electron chi connectivity index (χ3n) is 2.75. The van der Waals surface area contributed by atoms with E-state index in [1.165, 1.54) is 0 Å². The van der Waals surface area contributed by atoms with Crippen molar-refractivity contribution in [2.45, 2.75) is 13.3 Å². The molecule has 0 fully saturated rings. The molecule has 2 rings (SSSR count). The lowest BCUT2D eigenvalue weighted by atomic mass is 10.2. The lowest BCUT2D eigenvalue weighted by molar-refractivity contribution is 0.102. The Morgan fingerprint density at radius 1 is 1.29 bits per heavy atom. The summed E-state index contributed by atoms with van der Waals surface area (Å²) in [6.45, 7) is 2.67. The molecular formula is C16H15BrClNO2. The molecule has 5 heteroatoms. The molecule has 2 aromatic rings. The molecule has 0 bridgehead atoms. The fourth-order valence-corrected chi connectivity index (χ4v) is 2.51. The van der Waals surface area contributed by atoms with E-state index in [1.54, 1.807) is 36.4 Å². The third kappa shape index (κ3) is 4.48. The van der Waals surface area contributed by atoms with E-state index in [2.05, 4.69) is 21.2 Å². The van der Waals surface area contributed by atoms with Gasteiger partial charge in [-0.15, -0.1) is 0 Å². The summed E-state index contributed by atoms with van der Waals surface area (Å²) in [6.07, 6.45) is 0.925. The first-order chi connectivity index (χ1) is 10.1. The van der Waals surface area contributed by atoms with E-state index in [0.717, 1.165) is 10.9 Å². The van der Waals surface area contributed by atoms with Crippen molar-refractivity contribution in [1.82, 2.24) is 0 Å². The van der Waals surface area contributed by atoms with Crippen molar-refractivity contribution in [2.24, 2.45) is 0 Å². The van der Waals surface area contributed by atoms with E-state index in [-0.39, 0.29) is 5.91 Å². The number of rotatable bonds is 5. The molecular weight excluding hydrogens is 354 g/mol. The quantitative estimate of drug-likeness (QED) is 0.793. The van der Waals surface area contributed by atoms with Crippen molar-refractivity contribution in [3.05, 3.63) is 57.5 Å². The van der Waals surface area contributed by atoms with Crippen molar-refractivity contribution in [1.29, 1.82) is 0 Å². The van der Waals surface area contributed by atoms with Crippen LogP contribution in [0.15, 0.2) is 46.9 Å². The first-order valence-electron chi connectivity index (χ1n) is 6.59. The molecule has 2 aromatic carbocycles. The Morgan fingerprint density at radius 2 is 2.10 bits per heavy atom. The smallest absolute Gasteiger partial charge is 0.255 e. The summed E-state index contributed by atoms with van der Waals surface area (Å²) in [4.78, 5) is 12.3. The molecule has 0 radical (unpaired) electrons. The van der Waals surface area contributed by atoms with Crippen LogP contribution in [0.4, 0.5) is 5.69 Å². The molecule has 0 atom stereocenters. The van der Waals surface area contributed by atoms with Crippen molar-refractivity contribution in [3.8, 4) is 5.75 Å². The maximum atomic E-state index is 12.3. The number of ether oxygens (including phenoxy) is 1. The van der Waals surface area contributed by atoms with E-state index in [9.17, 15) is 4.79 Å². The van der Waals surface area contributed by atoms with Crippen molar-refractivity contribution in [2.75, 3.05) is 11.9 Å². The molecule has 3 nitrogen and oxygen atoms in total.